The fourth-order valence-corrected chi connectivity index (χ4v) is 5.67. The number of nitrogens with zero attached hydrogens (tertiary/aromatic N) is 1. The molecule has 7 nitrogen and oxygen atoms in total. The zero-order valence-electron chi connectivity index (χ0n) is 16.8. The minimum atomic E-state index is -0.554. The third-order valence-electron chi connectivity index (χ3n) is 7.37. The molecule has 0 bridgehead atoms. The van der Waals surface area contributed by atoms with Gasteiger partial charge in [0.25, 0.3) is 5.91 Å². The van der Waals surface area contributed by atoms with Crippen molar-refractivity contribution in [2.24, 2.45) is 11.3 Å². The molecule has 4 atom stereocenters. The molecule has 1 aromatic rings. The van der Waals surface area contributed by atoms with Gasteiger partial charge in [-0.05, 0) is 54.3 Å². The number of amides is 3. The van der Waals surface area contributed by atoms with Crippen LogP contribution in [0.25, 0.3) is 0 Å². The van der Waals surface area contributed by atoms with Crippen LogP contribution in [0.1, 0.15) is 54.1 Å². The lowest BCUT2D eigenvalue weighted by Crippen LogP contribution is -2.52. The Morgan fingerprint density at radius 3 is 2.93 bits per heavy atom. The summed E-state index contributed by atoms with van der Waals surface area (Å²) in [5.74, 6) is 0.0290. The molecular formula is C22H28N4O3. The van der Waals surface area contributed by atoms with E-state index >= 15 is 0 Å². The smallest absolute Gasteiger partial charge is 0.255 e. The summed E-state index contributed by atoms with van der Waals surface area (Å²) in [6.07, 6.45) is 3.10. The summed E-state index contributed by atoms with van der Waals surface area (Å²) < 4.78 is 0. The molecule has 3 N–H and O–H groups in total. The Kier molecular flexibility index (Phi) is 4.47. The molecule has 0 aromatic heterocycles. The molecule has 0 radical (unpaired) electrons. The van der Waals surface area contributed by atoms with E-state index in [0.717, 1.165) is 31.1 Å². The summed E-state index contributed by atoms with van der Waals surface area (Å²) in [4.78, 5) is 38.0. The molecule has 1 unspecified atom stereocenters. The van der Waals surface area contributed by atoms with Gasteiger partial charge in [-0.2, -0.15) is 0 Å². The largest absolute Gasteiger partial charge is 0.322 e. The fourth-order valence-electron chi connectivity index (χ4n) is 5.67. The predicted octanol–water partition coefficient (Wildman–Crippen LogP) is 0.925. The lowest BCUT2D eigenvalue weighted by Gasteiger charge is -2.29. The molecule has 7 heteroatoms. The first-order valence-electron chi connectivity index (χ1n) is 10.6. The molecule has 1 aliphatic carbocycles. The lowest BCUT2D eigenvalue weighted by atomic mass is 9.83. The van der Waals surface area contributed by atoms with Gasteiger partial charge in [0.1, 0.15) is 6.04 Å². The topological polar surface area (TPSA) is 90.5 Å². The van der Waals surface area contributed by atoms with Crippen LogP contribution in [-0.2, 0) is 22.7 Å². The average molecular weight is 396 g/mol. The Bertz CT molecular complexity index is 885. The number of carbonyl (C=O) groups is 3. The maximum atomic E-state index is 12.8. The highest BCUT2D eigenvalue weighted by molar-refractivity contribution is 6.05. The number of rotatable bonds is 4. The number of piperidine rings is 1. The number of imide groups is 1. The van der Waals surface area contributed by atoms with Crippen molar-refractivity contribution >= 4 is 17.7 Å². The van der Waals surface area contributed by atoms with E-state index in [4.69, 9.17) is 0 Å². The molecule has 3 aliphatic heterocycles. The number of fused-ring (bicyclic) bond motifs is 2. The zero-order valence-corrected chi connectivity index (χ0v) is 16.8. The van der Waals surface area contributed by atoms with Gasteiger partial charge >= 0.3 is 0 Å². The van der Waals surface area contributed by atoms with Gasteiger partial charge in [-0.15, -0.1) is 0 Å². The van der Waals surface area contributed by atoms with Crippen molar-refractivity contribution < 1.29 is 14.4 Å². The molecule has 3 amide bonds. The van der Waals surface area contributed by atoms with Gasteiger partial charge in [0.15, 0.2) is 0 Å². The SMILES string of the molecule is C[C@]12CNC[C@H]1C[C@@H](NCc1ccc3c(c1)CN(C1CCC(=O)NC1=O)C3=O)C2. The Morgan fingerprint density at radius 2 is 2.14 bits per heavy atom. The highest BCUT2D eigenvalue weighted by Gasteiger charge is 2.46. The molecule has 3 heterocycles. The Morgan fingerprint density at radius 1 is 1.28 bits per heavy atom. The normalized spacial score (nSPS) is 33.8. The van der Waals surface area contributed by atoms with E-state index in [2.05, 4.69) is 28.9 Å². The maximum Gasteiger partial charge on any atom is 0.255 e. The van der Waals surface area contributed by atoms with Crippen molar-refractivity contribution in [3.05, 3.63) is 34.9 Å². The molecular weight excluding hydrogens is 368 g/mol. The van der Waals surface area contributed by atoms with Crippen LogP contribution in [0.5, 0.6) is 0 Å². The molecule has 2 saturated heterocycles. The summed E-state index contributed by atoms with van der Waals surface area (Å²) in [5, 5.41) is 9.58. The van der Waals surface area contributed by atoms with Crippen LogP contribution in [0.2, 0.25) is 0 Å². The minimum Gasteiger partial charge on any atom is -0.322 e. The molecule has 4 aliphatic rings. The lowest BCUT2D eigenvalue weighted by molar-refractivity contribution is -0.136. The highest BCUT2D eigenvalue weighted by Crippen LogP contribution is 2.45. The van der Waals surface area contributed by atoms with Crippen LogP contribution < -0.4 is 16.0 Å². The van der Waals surface area contributed by atoms with Gasteiger partial charge in [-0.1, -0.05) is 19.1 Å². The maximum absolute atomic E-state index is 12.8. The van der Waals surface area contributed by atoms with Crippen molar-refractivity contribution in [2.75, 3.05) is 13.1 Å². The quantitative estimate of drug-likeness (QED) is 0.659. The van der Waals surface area contributed by atoms with E-state index in [0.29, 0.717) is 30.0 Å². The van der Waals surface area contributed by atoms with Crippen LogP contribution in [0.3, 0.4) is 0 Å². The van der Waals surface area contributed by atoms with E-state index in [-0.39, 0.29) is 24.1 Å². The van der Waals surface area contributed by atoms with Gasteiger partial charge in [0.2, 0.25) is 11.8 Å². The third kappa shape index (κ3) is 3.26. The minimum absolute atomic E-state index is 0.113. The Balaban J connectivity index is 1.23. The summed E-state index contributed by atoms with van der Waals surface area (Å²) in [6.45, 7) is 5.87. The number of hydrogen-bond acceptors (Lipinski definition) is 5. The Hall–Kier alpha value is -2.25. The van der Waals surface area contributed by atoms with E-state index in [9.17, 15) is 14.4 Å². The van der Waals surface area contributed by atoms with Gasteiger partial charge in [0.05, 0.1) is 0 Å². The van der Waals surface area contributed by atoms with E-state index in [1.165, 1.54) is 18.4 Å². The molecule has 0 spiro atoms. The van der Waals surface area contributed by atoms with Gasteiger partial charge in [-0.25, -0.2) is 0 Å². The number of nitrogens with one attached hydrogen (secondary N) is 3. The molecule has 154 valence electrons. The first-order chi connectivity index (χ1) is 13.9. The monoisotopic (exact) mass is 396 g/mol. The summed E-state index contributed by atoms with van der Waals surface area (Å²) in [5.41, 5.74) is 3.23. The van der Waals surface area contributed by atoms with Crippen molar-refractivity contribution in [3.63, 3.8) is 0 Å². The summed E-state index contributed by atoms with van der Waals surface area (Å²) in [7, 11) is 0. The number of hydrogen-bond donors (Lipinski definition) is 3. The zero-order chi connectivity index (χ0) is 20.2. The summed E-state index contributed by atoms with van der Waals surface area (Å²) >= 11 is 0. The van der Waals surface area contributed by atoms with E-state index in [1.54, 1.807) is 4.90 Å². The van der Waals surface area contributed by atoms with Crippen LogP contribution >= 0.6 is 0 Å². The predicted molar refractivity (Wildman–Crippen MR) is 107 cm³/mol. The average Bonchev–Trinajstić information content (AvgIpc) is 3.29. The van der Waals surface area contributed by atoms with Crippen LogP contribution in [0.4, 0.5) is 0 Å². The fraction of sp³-hybridized carbons (Fsp3) is 0.591. The second kappa shape index (κ2) is 6.92. The number of carbonyl (C=O) groups excluding carboxylic acids is 3. The van der Waals surface area contributed by atoms with Crippen molar-refractivity contribution in [1.82, 2.24) is 20.9 Å². The molecule has 3 fully saturated rings. The highest BCUT2D eigenvalue weighted by atomic mass is 16.2. The molecule has 1 aromatic carbocycles. The van der Waals surface area contributed by atoms with Gasteiger partial charge in [-0.3, -0.25) is 19.7 Å². The van der Waals surface area contributed by atoms with Crippen molar-refractivity contribution in [1.29, 1.82) is 0 Å². The van der Waals surface area contributed by atoms with Crippen LogP contribution in [0, 0.1) is 11.3 Å². The Labute approximate surface area is 170 Å². The van der Waals surface area contributed by atoms with Gasteiger partial charge in [0, 0.05) is 37.7 Å². The standard InChI is InChI=1S/C22H28N4O3/c1-22-8-16(7-15(22)10-23-12-22)24-9-13-2-3-17-14(6-13)11-26(21(17)29)18-4-5-19(27)25-20(18)28/h2-3,6,15-16,18,23-24H,4-5,7-12H2,1H3,(H,25,27,28)/t15-,16-,18?,22+/m1/s1. The third-order valence-corrected chi connectivity index (χ3v) is 7.37. The second-order valence-electron chi connectivity index (χ2n) is 9.39. The van der Waals surface area contributed by atoms with E-state index in [1.807, 2.05) is 12.1 Å². The molecule has 29 heavy (non-hydrogen) atoms. The van der Waals surface area contributed by atoms with Gasteiger partial charge < -0.3 is 15.5 Å². The van der Waals surface area contributed by atoms with E-state index < -0.39 is 6.04 Å². The molecule has 5 rings (SSSR count). The van der Waals surface area contributed by atoms with Crippen LogP contribution in [-0.4, -0.2) is 47.8 Å². The second-order valence-corrected chi connectivity index (χ2v) is 9.39. The van der Waals surface area contributed by atoms with Crippen LogP contribution in [0.15, 0.2) is 18.2 Å². The summed E-state index contributed by atoms with van der Waals surface area (Å²) in [6, 6.07) is 5.97. The van der Waals surface area contributed by atoms with Crippen molar-refractivity contribution in [2.45, 2.75) is 57.8 Å². The number of benzene rings is 1. The molecule has 1 saturated carbocycles. The first kappa shape index (κ1) is 18.8. The van der Waals surface area contributed by atoms with Crippen molar-refractivity contribution in [3.8, 4) is 0 Å². The first-order valence-corrected chi connectivity index (χ1v) is 10.6.